The van der Waals surface area contributed by atoms with Crippen LogP contribution in [0.2, 0.25) is 5.02 Å². The molecular weight excluding hydrogens is 524 g/mol. The highest BCUT2D eigenvalue weighted by molar-refractivity contribution is 6.36. The van der Waals surface area contributed by atoms with Crippen molar-refractivity contribution in [2.45, 2.75) is 38.0 Å². The number of hydrogen-bond donors (Lipinski definition) is 2. The van der Waals surface area contributed by atoms with Gasteiger partial charge < -0.3 is 25.0 Å². The summed E-state index contributed by atoms with van der Waals surface area (Å²) >= 11 is 6.89. The molecule has 3 saturated heterocycles. The number of nitrogens with zero attached hydrogens (tertiary/aromatic N) is 8. The molecule has 200 valence electrons. The average Bonchev–Trinajstić information content (AvgIpc) is 3.67. The first-order valence-corrected chi connectivity index (χ1v) is 13.1. The van der Waals surface area contributed by atoms with Crippen molar-refractivity contribution in [1.82, 2.24) is 24.5 Å². The smallest absolute Gasteiger partial charge is 0.410 e. The van der Waals surface area contributed by atoms with Crippen molar-refractivity contribution < 1.29 is 14.3 Å². The van der Waals surface area contributed by atoms with Gasteiger partial charge in [0.15, 0.2) is 17.2 Å². The van der Waals surface area contributed by atoms with Gasteiger partial charge in [-0.05, 0) is 31.9 Å². The monoisotopic (exact) mass is 548 g/mol. The molecule has 1 amide bonds. The van der Waals surface area contributed by atoms with E-state index in [1.807, 2.05) is 16.7 Å². The number of amides is 1. The third-order valence-corrected chi connectivity index (χ3v) is 7.63. The molecule has 5 heterocycles. The van der Waals surface area contributed by atoms with Crippen LogP contribution in [-0.4, -0.2) is 81.6 Å². The second kappa shape index (κ2) is 10.1. The van der Waals surface area contributed by atoms with E-state index in [4.69, 9.17) is 21.1 Å². The van der Waals surface area contributed by atoms with E-state index >= 15 is 0 Å². The van der Waals surface area contributed by atoms with Crippen LogP contribution in [0.3, 0.4) is 0 Å². The van der Waals surface area contributed by atoms with Crippen LogP contribution in [-0.2, 0) is 9.47 Å². The standard InChI is InChI=1S/C25H25ClN10O3/c1-2-29-22-23-30-11-16(10-28)36(23)33-24(32-22)31-17-7-14(9-27)8-19(21(17)26)34-5-3-18-20(12-34)39-25(37)35(18)15-4-6-38-13-15/h7-8,11,15,18,20H,2-6,12-13H2,1H3,(H2,29,31,32,33)/t15?,18-,20-/m1/s1. The molecule has 6 rings (SSSR count). The predicted octanol–water partition coefficient (Wildman–Crippen LogP) is 2.88. The highest BCUT2D eigenvalue weighted by Gasteiger charge is 2.48. The van der Waals surface area contributed by atoms with Crippen LogP contribution < -0.4 is 15.5 Å². The number of carbonyl (C=O) groups is 1. The number of piperidine rings is 1. The van der Waals surface area contributed by atoms with E-state index in [1.165, 1.54) is 10.7 Å². The molecule has 14 heteroatoms. The first kappa shape index (κ1) is 25.0. The Hall–Kier alpha value is -4.33. The van der Waals surface area contributed by atoms with E-state index in [0.717, 1.165) is 6.42 Å². The van der Waals surface area contributed by atoms with Gasteiger partial charge in [-0.15, -0.1) is 5.10 Å². The summed E-state index contributed by atoms with van der Waals surface area (Å²) in [6, 6.07) is 7.62. The van der Waals surface area contributed by atoms with Crippen molar-refractivity contribution in [2.75, 3.05) is 48.4 Å². The molecular formula is C25H25ClN10O3. The first-order valence-electron chi connectivity index (χ1n) is 12.7. The van der Waals surface area contributed by atoms with Gasteiger partial charge in [0.1, 0.15) is 12.2 Å². The Kier molecular flexibility index (Phi) is 6.46. The highest BCUT2D eigenvalue weighted by atomic mass is 35.5. The molecule has 3 aliphatic heterocycles. The number of imidazole rings is 1. The number of benzene rings is 1. The normalized spacial score (nSPS) is 22.4. The molecule has 2 N–H and O–H groups in total. The third-order valence-electron chi connectivity index (χ3n) is 7.23. The molecule has 3 atom stereocenters. The van der Waals surface area contributed by atoms with E-state index in [2.05, 4.69) is 37.8 Å². The Bertz CT molecular complexity index is 1520. The number of halogens is 1. The fraction of sp³-hybridized carbons (Fsp3) is 0.440. The zero-order valence-corrected chi connectivity index (χ0v) is 21.9. The lowest BCUT2D eigenvalue weighted by Gasteiger charge is -2.38. The molecule has 0 aliphatic carbocycles. The molecule has 3 fully saturated rings. The summed E-state index contributed by atoms with van der Waals surface area (Å²) in [4.78, 5) is 25.3. The largest absolute Gasteiger partial charge is 0.442 e. The summed E-state index contributed by atoms with van der Waals surface area (Å²) in [5, 5.41) is 30.3. The summed E-state index contributed by atoms with van der Waals surface area (Å²) < 4.78 is 12.7. The van der Waals surface area contributed by atoms with Gasteiger partial charge in [-0.25, -0.2) is 9.78 Å². The second-order valence-corrected chi connectivity index (χ2v) is 9.93. The lowest BCUT2D eigenvalue weighted by atomic mass is 9.98. The Morgan fingerprint density at radius 1 is 1.26 bits per heavy atom. The van der Waals surface area contributed by atoms with Crippen molar-refractivity contribution >= 4 is 46.5 Å². The van der Waals surface area contributed by atoms with Crippen molar-refractivity contribution in [2.24, 2.45) is 0 Å². The van der Waals surface area contributed by atoms with Gasteiger partial charge in [-0.1, -0.05) is 11.6 Å². The third kappa shape index (κ3) is 4.39. The maximum atomic E-state index is 12.7. The van der Waals surface area contributed by atoms with Crippen molar-refractivity contribution in [1.29, 1.82) is 10.5 Å². The van der Waals surface area contributed by atoms with Gasteiger partial charge in [0.2, 0.25) is 5.95 Å². The van der Waals surface area contributed by atoms with Gasteiger partial charge in [-0.2, -0.15) is 20.0 Å². The van der Waals surface area contributed by atoms with Crippen LogP contribution in [0.5, 0.6) is 0 Å². The lowest BCUT2D eigenvalue weighted by molar-refractivity contribution is 0.124. The van der Waals surface area contributed by atoms with E-state index in [1.54, 1.807) is 12.1 Å². The maximum Gasteiger partial charge on any atom is 0.410 e. The summed E-state index contributed by atoms with van der Waals surface area (Å²) in [5.74, 6) is 0.625. The molecule has 0 bridgehead atoms. The number of aromatic nitrogens is 4. The van der Waals surface area contributed by atoms with Gasteiger partial charge >= 0.3 is 6.09 Å². The molecule has 3 aliphatic rings. The quantitative estimate of drug-likeness (QED) is 0.466. The molecule has 13 nitrogen and oxygen atoms in total. The van der Waals surface area contributed by atoms with Crippen LogP contribution in [0.25, 0.3) is 5.65 Å². The number of rotatable bonds is 6. The van der Waals surface area contributed by atoms with E-state index in [9.17, 15) is 15.3 Å². The van der Waals surface area contributed by atoms with Crippen LogP contribution >= 0.6 is 11.6 Å². The Labute approximate surface area is 228 Å². The highest BCUT2D eigenvalue weighted by Crippen LogP contribution is 2.39. The summed E-state index contributed by atoms with van der Waals surface area (Å²) in [6.45, 7) is 4.76. The zero-order valence-electron chi connectivity index (χ0n) is 21.1. The fourth-order valence-corrected chi connectivity index (χ4v) is 5.73. The Morgan fingerprint density at radius 2 is 2.13 bits per heavy atom. The molecule has 0 spiro atoms. The summed E-state index contributed by atoms with van der Waals surface area (Å²) in [5.41, 5.74) is 2.13. The second-order valence-electron chi connectivity index (χ2n) is 9.55. The molecule has 2 aromatic heterocycles. The van der Waals surface area contributed by atoms with Gasteiger partial charge in [0, 0.05) is 19.7 Å². The first-order chi connectivity index (χ1) is 19.0. The van der Waals surface area contributed by atoms with E-state index in [0.29, 0.717) is 72.7 Å². The molecule has 1 unspecified atom stereocenters. The molecule has 0 saturated carbocycles. The van der Waals surface area contributed by atoms with Gasteiger partial charge in [0.25, 0.3) is 0 Å². The van der Waals surface area contributed by atoms with E-state index in [-0.39, 0.29) is 35.9 Å². The number of nitrogens with one attached hydrogen (secondary N) is 2. The number of nitriles is 2. The molecule has 1 aromatic carbocycles. The minimum atomic E-state index is -0.316. The number of carbonyl (C=O) groups excluding carboxylic acids is 1. The summed E-state index contributed by atoms with van der Waals surface area (Å²) in [6.07, 6.45) is 2.32. The lowest BCUT2D eigenvalue weighted by Crippen LogP contribution is -2.52. The van der Waals surface area contributed by atoms with Crippen molar-refractivity contribution in [3.05, 3.63) is 34.6 Å². The van der Waals surface area contributed by atoms with E-state index < -0.39 is 0 Å². The van der Waals surface area contributed by atoms with Gasteiger partial charge in [0.05, 0.1) is 59.5 Å². The average molecular weight is 549 g/mol. The number of ether oxygens (including phenoxy) is 2. The summed E-state index contributed by atoms with van der Waals surface area (Å²) in [7, 11) is 0. The number of fused-ring (bicyclic) bond motifs is 2. The number of hydrogen-bond acceptors (Lipinski definition) is 11. The molecule has 0 radical (unpaired) electrons. The van der Waals surface area contributed by atoms with Crippen molar-refractivity contribution in [3.63, 3.8) is 0 Å². The Balaban J connectivity index is 1.30. The Morgan fingerprint density at radius 3 is 2.87 bits per heavy atom. The van der Waals surface area contributed by atoms with Crippen LogP contribution in [0.1, 0.15) is 31.0 Å². The van der Waals surface area contributed by atoms with Crippen molar-refractivity contribution in [3.8, 4) is 12.1 Å². The predicted molar refractivity (Wildman–Crippen MR) is 141 cm³/mol. The zero-order chi connectivity index (χ0) is 27.1. The number of anilines is 4. The topological polar surface area (TPSA) is 157 Å². The van der Waals surface area contributed by atoms with Crippen LogP contribution in [0.15, 0.2) is 18.3 Å². The fourth-order valence-electron chi connectivity index (χ4n) is 5.46. The SMILES string of the molecule is CCNc1nc(Nc2cc(C#N)cc(N3CC[C@@H]4[C@@H](C3)OC(=O)N4C3CCOC3)c2Cl)nn2c(C#N)cnc12. The minimum Gasteiger partial charge on any atom is -0.442 e. The van der Waals surface area contributed by atoms with Crippen LogP contribution in [0, 0.1) is 22.7 Å². The van der Waals surface area contributed by atoms with Crippen LogP contribution in [0.4, 0.5) is 27.9 Å². The maximum absolute atomic E-state index is 12.7. The molecule has 3 aromatic rings. The van der Waals surface area contributed by atoms with Gasteiger partial charge in [-0.3, -0.25) is 4.90 Å². The minimum absolute atomic E-state index is 0.0231. The molecule has 39 heavy (non-hydrogen) atoms.